The molecule has 4 rings (SSSR count). The highest BCUT2D eigenvalue weighted by molar-refractivity contribution is 6.24. The smallest absolute Gasteiger partial charge is 0.255 e. The number of carbonyl (C=O) groups excluding carboxylic acids is 3. The van der Waals surface area contributed by atoms with E-state index in [1.807, 2.05) is 20.8 Å². The summed E-state index contributed by atoms with van der Waals surface area (Å²) < 4.78 is 0. The van der Waals surface area contributed by atoms with Crippen molar-refractivity contribution in [2.24, 2.45) is 17.6 Å². The first-order valence-corrected chi connectivity index (χ1v) is 11.8. The molecule has 0 aromatic heterocycles. The van der Waals surface area contributed by atoms with Gasteiger partial charge in [0.2, 0.25) is 5.78 Å². The molecule has 0 heterocycles. The first-order chi connectivity index (χ1) is 16.4. The number of aliphatic hydroxyl groups excluding tert-OH is 2. The highest BCUT2D eigenvalue weighted by atomic mass is 16.3. The van der Waals surface area contributed by atoms with Gasteiger partial charge in [0.15, 0.2) is 11.4 Å². The number of hydrogen-bond acceptors (Lipinski definition) is 7. The Kier molecular flexibility index (Phi) is 6.02. The number of unbranched alkanes of at least 4 members (excludes halogenated alkanes) is 1. The summed E-state index contributed by atoms with van der Waals surface area (Å²) in [5.74, 6) is -0.405. The number of Topliss-reactive ketones (excluding diaryl/α,β-unsaturated/α-hetero) is 2. The lowest BCUT2D eigenvalue weighted by Gasteiger charge is -2.45. The molecule has 0 saturated heterocycles. The molecule has 0 radical (unpaired) electrons. The highest BCUT2D eigenvalue weighted by Gasteiger charge is 2.59. The van der Waals surface area contributed by atoms with Gasteiger partial charge in [0.25, 0.3) is 5.91 Å². The van der Waals surface area contributed by atoms with E-state index in [9.17, 15) is 34.8 Å². The zero-order chi connectivity index (χ0) is 25.8. The van der Waals surface area contributed by atoms with Crippen molar-refractivity contribution in [3.8, 4) is 17.6 Å². The third kappa shape index (κ3) is 3.53. The van der Waals surface area contributed by atoms with Crippen LogP contribution in [0.2, 0.25) is 0 Å². The fourth-order valence-corrected chi connectivity index (χ4v) is 5.61. The quantitative estimate of drug-likeness (QED) is 0.329. The van der Waals surface area contributed by atoms with Crippen LogP contribution in [0.25, 0.3) is 0 Å². The number of aromatic hydroxyl groups is 1. The van der Waals surface area contributed by atoms with E-state index in [0.717, 1.165) is 12.0 Å². The minimum atomic E-state index is -2.56. The van der Waals surface area contributed by atoms with Gasteiger partial charge in [-0.2, -0.15) is 0 Å². The molecule has 8 heteroatoms. The number of carbonyl (C=O) groups is 3. The predicted molar refractivity (Wildman–Crippen MR) is 127 cm³/mol. The lowest BCUT2D eigenvalue weighted by atomic mass is 9.60. The molecule has 1 aromatic carbocycles. The molecule has 0 unspecified atom stereocenters. The van der Waals surface area contributed by atoms with E-state index < -0.39 is 52.0 Å². The molecule has 1 aromatic rings. The lowest BCUT2D eigenvalue weighted by Crippen LogP contribution is -2.57. The molecule has 6 N–H and O–H groups in total. The van der Waals surface area contributed by atoms with Gasteiger partial charge in [0, 0.05) is 24.3 Å². The van der Waals surface area contributed by atoms with E-state index in [0.29, 0.717) is 17.5 Å². The summed E-state index contributed by atoms with van der Waals surface area (Å²) in [6.07, 6.45) is 1.61. The molecule has 0 saturated carbocycles. The maximum Gasteiger partial charge on any atom is 0.255 e. The summed E-state index contributed by atoms with van der Waals surface area (Å²) >= 11 is 0. The van der Waals surface area contributed by atoms with Gasteiger partial charge < -0.3 is 26.2 Å². The number of allylic oxidation sites excluding steroid dienone is 2. The Bertz CT molecular complexity index is 1290. The van der Waals surface area contributed by atoms with Crippen LogP contribution in [0.1, 0.15) is 79.4 Å². The molecule has 0 fully saturated rings. The Hall–Kier alpha value is -3.57. The molecular weight excluding hydrogens is 450 g/mol. The minimum absolute atomic E-state index is 0.00798. The van der Waals surface area contributed by atoms with Crippen molar-refractivity contribution in [2.45, 2.75) is 64.4 Å². The van der Waals surface area contributed by atoms with E-state index in [1.165, 1.54) is 0 Å². The molecule has 8 nitrogen and oxygen atoms in total. The van der Waals surface area contributed by atoms with E-state index in [-0.39, 0.29) is 42.1 Å². The standard InChI is InChI=1S/C27H29NO7/c1-4-5-6-7-13-9-16(12(2)3)17-10-14-8-15-11-18(29)21(26(28)34)25(33)27(15,35)24(32)19(14)23(31)20(17)22(13)30/h9,12,14-15,29-30,32,35H,4-5,8,10-11H2,1-3H3,(H2,28,34)/t14-,15+,27+/m0/s1. The van der Waals surface area contributed by atoms with Gasteiger partial charge in [0.05, 0.1) is 11.1 Å². The van der Waals surface area contributed by atoms with Crippen LogP contribution in [0.4, 0.5) is 0 Å². The van der Waals surface area contributed by atoms with Crippen LogP contribution in [-0.2, 0) is 16.0 Å². The van der Waals surface area contributed by atoms with Crippen LogP contribution in [0.3, 0.4) is 0 Å². The van der Waals surface area contributed by atoms with Crippen molar-refractivity contribution in [1.29, 1.82) is 0 Å². The first kappa shape index (κ1) is 24.6. The number of nitrogens with two attached hydrogens (primary N) is 1. The zero-order valence-electron chi connectivity index (χ0n) is 19.9. The molecular formula is C27H29NO7. The van der Waals surface area contributed by atoms with Crippen molar-refractivity contribution in [1.82, 2.24) is 0 Å². The molecule has 0 aliphatic heterocycles. The van der Waals surface area contributed by atoms with Crippen LogP contribution in [-0.4, -0.2) is 43.5 Å². The third-order valence-corrected chi connectivity index (χ3v) is 7.32. The second-order valence-electron chi connectivity index (χ2n) is 9.83. The average molecular weight is 480 g/mol. The minimum Gasteiger partial charge on any atom is -0.511 e. The second-order valence-corrected chi connectivity index (χ2v) is 9.83. The Morgan fingerprint density at radius 2 is 1.91 bits per heavy atom. The predicted octanol–water partition coefficient (Wildman–Crippen LogP) is 2.86. The Labute approximate surface area is 203 Å². The summed E-state index contributed by atoms with van der Waals surface area (Å²) in [5.41, 5.74) is 3.53. The van der Waals surface area contributed by atoms with E-state index in [1.54, 1.807) is 6.07 Å². The summed E-state index contributed by atoms with van der Waals surface area (Å²) in [7, 11) is 0. The number of phenols is 1. The number of phenolic OH excluding ortho intramolecular Hbond substituents is 1. The van der Waals surface area contributed by atoms with Crippen molar-refractivity contribution in [2.75, 3.05) is 0 Å². The molecule has 3 aliphatic carbocycles. The molecule has 3 aliphatic rings. The van der Waals surface area contributed by atoms with E-state index in [4.69, 9.17) is 5.73 Å². The molecule has 0 spiro atoms. The average Bonchev–Trinajstić information content (AvgIpc) is 2.77. The van der Waals surface area contributed by atoms with E-state index >= 15 is 0 Å². The van der Waals surface area contributed by atoms with Gasteiger partial charge in [-0.1, -0.05) is 32.6 Å². The zero-order valence-corrected chi connectivity index (χ0v) is 19.9. The topological polar surface area (TPSA) is 158 Å². The molecule has 3 atom stereocenters. The fraction of sp³-hybridized carbons (Fsp3) is 0.444. The second kappa shape index (κ2) is 8.58. The number of rotatable bonds is 3. The molecule has 184 valence electrons. The van der Waals surface area contributed by atoms with Gasteiger partial charge in [-0.15, -0.1) is 0 Å². The van der Waals surface area contributed by atoms with Crippen molar-refractivity contribution < 1.29 is 34.8 Å². The van der Waals surface area contributed by atoms with Crippen LogP contribution in [0, 0.1) is 23.7 Å². The number of ketones is 2. The Balaban J connectivity index is 1.93. The van der Waals surface area contributed by atoms with Gasteiger partial charge in [-0.3, -0.25) is 14.4 Å². The van der Waals surface area contributed by atoms with Gasteiger partial charge in [-0.05, 0) is 48.3 Å². The summed E-state index contributed by atoms with van der Waals surface area (Å²) in [5, 5.41) is 43.8. The summed E-state index contributed by atoms with van der Waals surface area (Å²) in [6, 6.07) is 1.79. The number of fused-ring (bicyclic) bond motifs is 3. The third-order valence-electron chi connectivity index (χ3n) is 7.32. The van der Waals surface area contributed by atoms with Gasteiger partial charge >= 0.3 is 0 Å². The maximum atomic E-state index is 13.7. The van der Waals surface area contributed by atoms with Crippen molar-refractivity contribution in [3.05, 3.63) is 51.0 Å². The SMILES string of the molecule is CCCC#Cc1cc(C(C)C)c2c(c1O)C(=O)C1=C(O)[C@@]3(O)C(=O)C(C(N)=O)=C(O)C[C@H]3C[C@H]1C2. The lowest BCUT2D eigenvalue weighted by molar-refractivity contribution is -0.144. The normalized spacial score (nSPS) is 25.6. The van der Waals surface area contributed by atoms with E-state index in [2.05, 4.69) is 11.8 Å². The van der Waals surface area contributed by atoms with Crippen LogP contribution >= 0.6 is 0 Å². The van der Waals surface area contributed by atoms with Gasteiger partial charge in [-0.25, -0.2) is 0 Å². The van der Waals surface area contributed by atoms with Gasteiger partial charge in [0.1, 0.15) is 22.8 Å². The number of primary amides is 1. The number of hydrogen-bond donors (Lipinski definition) is 5. The van der Waals surface area contributed by atoms with Crippen LogP contribution in [0.5, 0.6) is 5.75 Å². The number of amides is 1. The Morgan fingerprint density at radius 1 is 1.23 bits per heavy atom. The largest absolute Gasteiger partial charge is 0.511 e. The summed E-state index contributed by atoms with van der Waals surface area (Å²) in [4.78, 5) is 38.5. The number of aliphatic hydroxyl groups is 3. The van der Waals surface area contributed by atoms with Crippen LogP contribution in [0.15, 0.2) is 28.7 Å². The summed E-state index contributed by atoms with van der Waals surface area (Å²) in [6.45, 7) is 5.92. The maximum absolute atomic E-state index is 13.7. The van der Waals surface area contributed by atoms with Crippen LogP contribution < -0.4 is 5.73 Å². The first-order valence-electron chi connectivity index (χ1n) is 11.8. The molecule has 35 heavy (non-hydrogen) atoms. The Morgan fingerprint density at radius 3 is 2.51 bits per heavy atom. The number of benzene rings is 1. The monoisotopic (exact) mass is 479 g/mol. The molecule has 1 amide bonds. The molecule has 0 bridgehead atoms. The van der Waals surface area contributed by atoms with Crippen molar-refractivity contribution >= 4 is 17.5 Å². The highest BCUT2D eigenvalue weighted by Crippen LogP contribution is 2.52. The van der Waals surface area contributed by atoms with Crippen molar-refractivity contribution in [3.63, 3.8) is 0 Å². The fourth-order valence-electron chi connectivity index (χ4n) is 5.61.